The minimum atomic E-state index is -3.01. The van der Waals surface area contributed by atoms with Gasteiger partial charge in [-0.25, -0.2) is 8.42 Å². The van der Waals surface area contributed by atoms with Crippen LogP contribution in [-0.4, -0.2) is 37.9 Å². The van der Waals surface area contributed by atoms with Gasteiger partial charge in [-0.05, 0) is 25.2 Å². The number of hydrogen-bond donors (Lipinski definition) is 2. The van der Waals surface area contributed by atoms with E-state index in [9.17, 15) is 13.2 Å². The number of carbonyl (C=O) groups is 1. The molecule has 1 heterocycles. The Labute approximate surface area is 115 Å². The molecule has 3 unspecified atom stereocenters. The fraction of sp³-hybridized carbons (Fsp3) is 0.923. The van der Waals surface area contributed by atoms with Crippen molar-refractivity contribution in [1.82, 2.24) is 5.32 Å². The third kappa shape index (κ3) is 3.48. The van der Waals surface area contributed by atoms with Gasteiger partial charge in [0.05, 0.1) is 23.0 Å². The van der Waals surface area contributed by atoms with E-state index in [4.69, 9.17) is 5.73 Å². The van der Waals surface area contributed by atoms with Crippen LogP contribution in [0, 0.1) is 11.8 Å². The van der Waals surface area contributed by atoms with E-state index < -0.39 is 9.84 Å². The highest BCUT2D eigenvalue weighted by atomic mass is 32.2. The first kappa shape index (κ1) is 14.8. The Bertz CT molecular complexity index is 449. The van der Waals surface area contributed by atoms with Gasteiger partial charge in [0, 0.05) is 6.54 Å². The Morgan fingerprint density at radius 2 is 2.16 bits per heavy atom. The Balaban J connectivity index is 2.00. The smallest absolute Gasteiger partial charge is 0.224 e. The number of nitrogens with one attached hydrogen (secondary N) is 1. The monoisotopic (exact) mass is 288 g/mol. The van der Waals surface area contributed by atoms with Crippen LogP contribution in [0.2, 0.25) is 0 Å². The van der Waals surface area contributed by atoms with E-state index in [2.05, 4.69) is 12.2 Å². The Hall–Kier alpha value is -0.620. The Morgan fingerprint density at radius 1 is 1.42 bits per heavy atom. The maximum absolute atomic E-state index is 12.2. The highest BCUT2D eigenvalue weighted by molar-refractivity contribution is 7.91. The molecule has 1 aliphatic heterocycles. The number of nitrogens with two attached hydrogens (primary N) is 1. The molecule has 5 nitrogen and oxygen atoms in total. The average molecular weight is 288 g/mol. The molecule has 19 heavy (non-hydrogen) atoms. The zero-order chi connectivity index (χ0) is 14.1. The molecule has 0 spiro atoms. The van der Waals surface area contributed by atoms with Crippen molar-refractivity contribution in [2.75, 3.05) is 18.1 Å². The highest BCUT2D eigenvalue weighted by Gasteiger charge is 2.39. The van der Waals surface area contributed by atoms with Gasteiger partial charge in [-0.2, -0.15) is 0 Å². The van der Waals surface area contributed by atoms with Gasteiger partial charge < -0.3 is 11.1 Å². The fourth-order valence-electron chi connectivity index (χ4n) is 3.38. The molecule has 110 valence electrons. The molecule has 0 aromatic carbocycles. The van der Waals surface area contributed by atoms with Crippen LogP contribution in [0.4, 0.5) is 0 Å². The summed E-state index contributed by atoms with van der Waals surface area (Å²) in [4.78, 5) is 12.2. The summed E-state index contributed by atoms with van der Waals surface area (Å²) in [6.07, 6.45) is 4.50. The van der Waals surface area contributed by atoms with Gasteiger partial charge in [0.1, 0.15) is 0 Å². The summed E-state index contributed by atoms with van der Waals surface area (Å²) in [7, 11) is -3.01. The molecule has 1 saturated heterocycles. The molecule has 0 bridgehead atoms. The molecule has 0 radical (unpaired) electrons. The topological polar surface area (TPSA) is 89.3 Å². The lowest BCUT2D eigenvalue weighted by Crippen LogP contribution is -2.57. The van der Waals surface area contributed by atoms with Gasteiger partial charge >= 0.3 is 0 Å². The van der Waals surface area contributed by atoms with E-state index in [0.29, 0.717) is 18.9 Å². The van der Waals surface area contributed by atoms with Crippen molar-refractivity contribution < 1.29 is 13.2 Å². The van der Waals surface area contributed by atoms with Crippen LogP contribution in [0.25, 0.3) is 0 Å². The average Bonchev–Trinajstić information content (AvgIpc) is 2.70. The first-order valence-corrected chi connectivity index (χ1v) is 8.90. The van der Waals surface area contributed by atoms with E-state index in [1.165, 1.54) is 6.42 Å². The van der Waals surface area contributed by atoms with Gasteiger partial charge in [0.25, 0.3) is 0 Å². The normalized spacial score (nSPS) is 38.0. The summed E-state index contributed by atoms with van der Waals surface area (Å²) >= 11 is 0. The van der Waals surface area contributed by atoms with E-state index >= 15 is 0 Å². The zero-order valence-electron chi connectivity index (χ0n) is 11.5. The standard InChI is InChI=1S/C13H24N2O3S/c1-10-3-2-5-13(7-10,9-14)15-12(16)11-4-6-19(17,18)8-11/h10-11H,2-9,14H2,1H3,(H,15,16). The molecular formula is C13H24N2O3S. The molecule has 2 aliphatic rings. The molecule has 0 aromatic rings. The lowest BCUT2D eigenvalue weighted by molar-refractivity contribution is -0.126. The minimum absolute atomic E-state index is 0.00492. The summed E-state index contributed by atoms with van der Waals surface area (Å²) < 4.78 is 22.9. The van der Waals surface area contributed by atoms with E-state index in [1.54, 1.807) is 0 Å². The molecule has 0 aromatic heterocycles. The molecule has 1 amide bonds. The molecular weight excluding hydrogens is 264 g/mol. The van der Waals surface area contributed by atoms with Gasteiger partial charge in [0.2, 0.25) is 5.91 Å². The number of hydrogen-bond acceptors (Lipinski definition) is 4. The zero-order valence-corrected chi connectivity index (χ0v) is 12.3. The molecule has 1 saturated carbocycles. The summed E-state index contributed by atoms with van der Waals surface area (Å²) in [5.41, 5.74) is 5.55. The SMILES string of the molecule is CC1CCCC(CN)(NC(=O)C2CCS(=O)(=O)C2)C1. The van der Waals surface area contributed by atoms with Crippen LogP contribution in [-0.2, 0) is 14.6 Å². The third-order valence-corrected chi connectivity index (χ3v) is 6.24. The highest BCUT2D eigenvalue weighted by Crippen LogP contribution is 2.32. The summed E-state index contributed by atoms with van der Waals surface area (Å²) in [5, 5.41) is 3.06. The Morgan fingerprint density at radius 3 is 2.68 bits per heavy atom. The molecule has 1 aliphatic carbocycles. The van der Waals surface area contributed by atoms with Crippen LogP contribution in [0.15, 0.2) is 0 Å². The number of carbonyl (C=O) groups excluding carboxylic acids is 1. The molecule has 3 N–H and O–H groups in total. The van der Waals surface area contributed by atoms with Crippen LogP contribution < -0.4 is 11.1 Å². The minimum Gasteiger partial charge on any atom is -0.349 e. The van der Waals surface area contributed by atoms with Gasteiger partial charge in [0.15, 0.2) is 9.84 Å². The van der Waals surface area contributed by atoms with Crippen molar-refractivity contribution in [3.05, 3.63) is 0 Å². The molecule has 2 rings (SSSR count). The van der Waals surface area contributed by atoms with Gasteiger partial charge in [-0.15, -0.1) is 0 Å². The van der Waals surface area contributed by atoms with Crippen LogP contribution >= 0.6 is 0 Å². The first-order valence-electron chi connectivity index (χ1n) is 7.08. The second-order valence-electron chi connectivity index (χ2n) is 6.28. The maximum Gasteiger partial charge on any atom is 0.224 e. The molecule has 6 heteroatoms. The lowest BCUT2D eigenvalue weighted by atomic mass is 9.76. The van der Waals surface area contributed by atoms with Gasteiger partial charge in [-0.1, -0.05) is 19.8 Å². The van der Waals surface area contributed by atoms with Crippen LogP contribution in [0.5, 0.6) is 0 Å². The van der Waals surface area contributed by atoms with Crippen molar-refractivity contribution in [3.63, 3.8) is 0 Å². The maximum atomic E-state index is 12.2. The van der Waals surface area contributed by atoms with Crippen molar-refractivity contribution in [1.29, 1.82) is 0 Å². The summed E-state index contributed by atoms with van der Waals surface area (Å²) in [6.45, 7) is 2.61. The largest absolute Gasteiger partial charge is 0.349 e. The third-order valence-electron chi connectivity index (χ3n) is 4.47. The summed E-state index contributed by atoms with van der Waals surface area (Å²) in [6, 6.07) is 0. The van der Waals surface area contributed by atoms with Crippen molar-refractivity contribution in [2.24, 2.45) is 17.6 Å². The van der Waals surface area contributed by atoms with Crippen LogP contribution in [0.1, 0.15) is 39.0 Å². The quantitative estimate of drug-likeness (QED) is 0.789. The van der Waals surface area contributed by atoms with Crippen LogP contribution in [0.3, 0.4) is 0 Å². The molecule has 3 atom stereocenters. The number of amides is 1. The van der Waals surface area contributed by atoms with E-state index in [0.717, 1.165) is 19.3 Å². The number of sulfone groups is 1. The van der Waals surface area contributed by atoms with E-state index in [-0.39, 0.29) is 28.9 Å². The van der Waals surface area contributed by atoms with Crippen molar-refractivity contribution in [2.45, 2.75) is 44.6 Å². The number of rotatable bonds is 3. The van der Waals surface area contributed by atoms with Gasteiger partial charge in [-0.3, -0.25) is 4.79 Å². The fourth-order valence-corrected chi connectivity index (χ4v) is 5.12. The Kier molecular flexibility index (Phi) is 4.20. The van der Waals surface area contributed by atoms with E-state index in [1.807, 2.05) is 0 Å². The second kappa shape index (κ2) is 5.40. The lowest BCUT2D eigenvalue weighted by Gasteiger charge is -2.40. The molecule has 2 fully saturated rings. The summed E-state index contributed by atoms with van der Waals surface area (Å²) in [5.74, 6) is 0.183. The second-order valence-corrected chi connectivity index (χ2v) is 8.50. The first-order chi connectivity index (χ1) is 8.86. The predicted molar refractivity (Wildman–Crippen MR) is 74.3 cm³/mol. The van der Waals surface area contributed by atoms with Crippen molar-refractivity contribution in [3.8, 4) is 0 Å². The predicted octanol–water partition coefficient (Wildman–Crippen LogP) is 0.445. The van der Waals surface area contributed by atoms with Crippen molar-refractivity contribution >= 4 is 15.7 Å².